The minimum Gasteiger partial charge on any atom is -0.356 e. The van der Waals surface area contributed by atoms with E-state index in [2.05, 4.69) is 35.4 Å². The Bertz CT molecular complexity index is 1420. The van der Waals surface area contributed by atoms with Gasteiger partial charge in [0, 0.05) is 40.1 Å². The van der Waals surface area contributed by atoms with Crippen molar-refractivity contribution in [2.75, 3.05) is 5.32 Å². The summed E-state index contributed by atoms with van der Waals surface area (Å²) < 4.78 is 1.80. The van der Waals surface area contributed by atoms with Crippen molar-refractivity contribution in [2.24, 2.45) is 0 Å². The molecule has 1 N–H and O–H groups in total. The number of nitrogens with zero attached hydrogens (tertiary/aromatic N) is 2. The minimum atomic E-state index is -0.0512. The fourth-order valence-electron chi connectivity index (χ4n) is 3.85. The Labute approximate surface area is 174 Å². The molecule has 0 bridgehead atoms. The Morgan fingerprint density at radius 3 is 2.57 bits per heavy atom. The van der Waals surface area contributed by atoms with Gasteiger partial charge in [0.2, 0.25) is 0 Å². The largest absolute Gasteiger partial charge is 0.356 e. The molecule has 0 aliphatic carbocycles. The van der Waals surface area contributed by atoms with Crippen LogP contribution in [0.25, 0.3) is 27.5 Å². The van der Waals surface area contributed by atoms with Crippen LogP contribution in [0.1, 0.15) is 12.5 Å². The highest BCUT2D eigenvalue weighted by Crippen LogP contribution is 2.28. The Balaban J connectivity index is 1.78. The lowest BCUT2D eigenvalue weighted by molar-refractivity contribution is 1.03. The summed E-state index contributed by atoms with van der Waals surface area (Å²) in [6.45, 7) is 2.12. The number of anilines is 2. The molecule has 4 heteroatoms. The number of benzene rings is 3. The van der Waals surface area contributed by atoms with Gasteiger partial charge >= 0.3 is 0 Å². The number of nitrogens with one attached hydrogen (secondary N) is 1. The van der Waals surface area contributed by atoms with Crippen molar-refractivity contribution in [1.82, 2.24) is 9.55 Å². The highest BCUT2D eigenvalue weighted by atomic mass is 16.1. The Kier molecular flexibility index (Phi) is 4.52. The number of pyridine rings is 2. The van der Waals surface area contributed by atoms with Gasteiger partial charge in [-0.15, -0.1) is 0 Å². The molecule has 0 spiro atoms. The summed E-state index contributed by atoms with van der Waals surface area (Å²) in [5, 5.41) is 5.31. The number of aryl methyl sites for hydroxylation is 1. The van der Waals surface area contributed by atoms with Gasteiger partial charge < -0.3 is 5.32 Å². The van der Waals surface area contributed by atoms with Crippen LogP contribution in [0.4, 0.5) is 11.4 Å². The zero-order chi connectivity index (χ0) is 20.5. The van der Waals surface area contributed by atoms with E-state index in [0.29, 0.717) is 0 Å². The van der Waals surface area contributed by atoms with Crippen LogP contribution in [-0.2, 0) is 6.42 Å². The van der Waals surface area contributed by atoms with Crippen molar-refractivity contribution >= 4 is 33.2 Å². The molecule has 0 saturated heterocycles. The van der Waals surface area contributed by atoms with E-state index in [4.69, 9.17) is 0 Å². The van der Waals surface area contributed by atoms with Crippen LogP contribution in [0, 0.1) is 0 Å². The topological polar surface area (TPSA) is 46.9 Å². The van der Waals surface area contributed by atoms with Crippen molar-refractivity contribution in [1.29, 1.82) is 0 Å². The second kappa shape index (κ2) is 7.48. The predicted octanol–water partition coefficient (Wildman–Crippen LogP) is 5.84. The lowest BCUT2D eigenvalue weighted by Gasteiger charge is -2.14. The molecule has 5 aromatic rings. The second-order valence-electron chi connectivity index (χ2n) is 7.32. The van der Waals surface area contributed by atoms with Crippen molar-refractivity contribution in [2.45, 2.75) is 13.3 Å². The highest BCUT2D eigenvalue weighted by Gasteiger charge is 2.11. The van der Waals surface area contributed by atoms with E-state index in [1.54, 1.807) is 10.6 Å². The molecule has 2 aromatic heterocycles. The van der Waals surface area contributed by atoms with E-state index in [1.165, 1.54) is 5.56 Å². The van der Waals surface area contributed by atoms with Crippen LogP contribution in [0.3, 0.4) is 0 Å². The lowest BCUT2D eigenvalue weighted by atomic mass is 10.1. The number of para-hydroxylation sites is 1. The van der Waals surface area contributed by atoms with Gasteiger partial charge in [-0.1, -0.05) is 37.3 Å². The summed E-state index contributed by atoms with van der Waals surface area (Å²) in [5.74, 6) is 0. The maximum absolute atomic E-state index is 13.0. The van der Waals surface area contributed by atoms with Gasteiger partial charge in [0.15, 0.2) is 0 Å². The fourth-order valence-corrected chi connectivity index (χ4v) is 3.85. The van der Waals surface area contributed by atoms with E-state index in [0.717, 1.165) is 45.3 Å². The van der Waals surface area contributed by atoms with Gasteiger partial charge in [0.05, 0.1) is 11.0 Å². The number of rotatable bonds is 4. The second-order valence-corrected chi connectivity index (χ2v) is 7.32. The summed E-state index contributed by atoms with van der Waals surface area (Å²) in [4.78, 5) is 17.6. The van der Waals surface area contributed by atoms with Gasteiger partial charge in [-0.05, 0) is 60.5 Å². The summed E-state index contributed by atoms with van der Waals surface area (Å²) in [5.41, 5.74) is 5.71. The SMILES string of the molecule is CCc1cccc(-n2c(=O)ccc3cnc4ccc(Nc5ccccc5)cc4c32)c1. The third kappa shape index (κ3) is 3.22. The quantitative estimate of drug-likeness (QED) is 0.391. The molecular formula is C26H21N3O. The molecule has 4 nitrogen and oxygen atoms in total. The molecule has 0 fully saturated rings. The first kappa shape index (κ1) is 18.1. The maximum Gasteiger partial charge on any atom is 0.255 e. The third-order valence-electron chi connectivity index (χ3n) is 5.36. The van der Waals surface area contributed by atoms with Crippen LogP contribution in [-0.4, -0.2) is 9.55 Å². The third-order valence-corrected chi connectivity index (χ3v) is 5.36. The molecule has 2 heterocycles. The van der Waals surface area contributed by atoms with E-state index in [1.807, 2.05) is 66.9 Å². The first-order valence-electron chi connectivity index (χ1n) is 10.1. The molecule has 146 valence electrons. The summed E-state index contributed by atoms with van der Waals surface area (Å²) in [6, 6.07) is 27.7. The monoisotopic (exact) mass is 391 g/mol. The molecule has 3 aromatic carbocycles. The number of hydrogen-bond acceptors (Lipinski definition) is 3. The number of aromatic nitrogens is 2. The molecule has 0 amide bonds. The van der Waals surface area contributed by atoms with E-state index < -0.39 is 0 Å². The summed E-state index contributed by atoms with van der Waals surface area (Å²) in [7, 11) is 0. The van der Waals surface area contributed by atoms with Crippen molar-refractivity contribution in [3.05, 3.63) is 107 Å². The summed E-state index contributed by atoms with van der Waals surface area (Å²) >= 11 is 0. The van der Waals surface area contributed by atoms with Gasteiger partial charge in [-0.3, -0.25) is 14.3 Å². The fraction of sp³-hybridized carbons (Fsp3) is 0.0769. The lowest BCUT2D eigenvalue weighted by Crippen LogP contribution is -2.17. The average Bonchev–Trinajstić information content (AvgIpc) is 2.79. The van der Waals surface area contributed by atoms with Crippen molar-refractivity contribution in [3.63, 3.8) is 0 Å². The van der Waals surface area contributed by atoms with Crippen LogP contribution in [0.5, 0.6) is 0 Å². The molecule has 0 unspecified atom stereocenters. The molecule has 0 aliphatic rings. The molecule has 30 heavy (non-hydrogen) atoms. The minimum absolute atomic E-state index is 0.0512. The standard InChI is InChI=1S/C26H21N3O/c1-2-18-7-6-10-22(15-18)29-25(30)14-11-19-17-27-24-13-12-21(16-23(24)26(19)29)28-20-8-4-3-5-9-20/h3-17,28H,2H2,1H3. The molecular weight excluding hydrogens is 370 g/mol. The molecule has 0 aliphatic heterocycles. The van der Waals surface area contributed by atoms with Crippen LogP contribution >= 0.6 is 0 Å². The van der Waals surface area contributed by atoms with Crippen molar-refractivity contribution in [3.8, 4) is 5.69 Å². The molecule has 0 atom stereocenters. The predicted molar refractivity (Wildman–Crippen MR) is 124 cm³/mol. The smallest absolute Gasteiger partial charge is 0.255 e. The number of hydrogen-bond donors (Lipinski definition) is 1. The van der Waals surface area contributed by atoms with E-state index in [9.17, 15) is 4.79 Å². The maximum atomic E-state index is 13.0. The number of fused-ring (bicyclic) bond motifs is 3. The Morgan fingerprint density at radius 2 is 1.73 bits per heavy atom. The van der Waals surface area contributed by atoms with Crippen LogP contribution in [0.2, 0.25) is 0 Å². The first-order valence-corrected chi connectivity index (χ1v) is 10.1. The average molecular weight is 391 g/mol. The van der Waals surface area contributed by atoms with Gasteiger partial charge in [-0.25, -0.2) is 0 Å². The molecule has 5 rings (SSSR count). The molecule has 0 radical (unpaired) electrons. The van der Waals surface area contributed by atoms with Crippen LogP contribution in [0.15, 0.2) is 95.9 Å². The highest BCUT2D eigenvalue weighted by molar-refractivity contribution is 6.05. The Morgan fingerprint density at radius 1 is 0.867 bits per heavy atom. The van der Waals surface area contributed by atoms with E-state index in [-0.39, 0.29) is 5.56 Å². The van der Waals surface area contributed by atoms with Gasteiger partial charge in [-0.2, -0.15) is 0 Å². The van der Waals surface area contributed by atoms with Gasteiger partial charge in [0.1, 0.15) is 0 Å². The van der Waals surface area contributed by atoms with Gasteiger partial charge in [0.25, 0.3) is 5.56 Å². The first-order chi connectivity index (χ1) is 14.7. The van der Waals surface area contributed by atoms with Crippen molar-refractivity contribution < 1.29 is 0 Å². The zero-order valence-corrected chi connectivity index (χ0v) is 16.7. The summed E-state index contributed by atoms with van der Waals surface area (Å²) in [6.07, 6.45) is 2.75. The van der Waals surface area contributed by atoms with Crippen LogP contribution < -0.4 is 10.9 Å². The molecule has 0 saturated carbocycles. The normalized spacial score (nSPS) is 11.1. The van der Waals surface area contributed by atoms with E-state index >= 15 is 0 Å². The zero-order valence-electron chi connectivity index (χ0n) is 16.7. The Hall–Kier alpha value is -3.92.